The van der Waals surface area contributed by atoms with E-state index in [1.807, 2.05) is 13.8 Å². The van der Waals surface area contributed by atoms with Crippen LogP contribution in [0.2, 0.25) is 0 Å². The first-order valence-corrected chi connectivity index (χ1v) is 6.59. The van der Waals surface area contributed by atoms with Gasteiger partial charge in [-0.15, -0.1) is 0 Å². The number of nitrogens with one attached hydrogen (secondary N) is 1. The summed E-state index contributed by atoms with van der Waals surface area (Å²) in [6.07, 6.45) is 2.15. The molecule has 2 rings (SSSR count). The summed E-state index contributed by atoms with van der Waals surface area (Å²) < 4.78 is 6.79. The van der Waals surface area contributed by atoms with Crippen molar-refractivity contribution in [3.05, 3.63) is 28.7 Å². The van der Waals surface area contributed by atoms with Crippen molar-refractivity contribution in [3.63, 3.8) is 0 Å². The van der Waals surface area contributed by atoms with E-state index in [9.17, 15) is 9.59 Å². The zero-order valence-electron chi connectivity index (χ0n) is 11.2. The lowest BCUT2D eigenvalue weighted by atomic mass is 10.2. The number of aromatic nitrogens is 1. The van der Waals surface area contributed by atoms with E-state index >= 15 is 0 Å². The second-order valence-electron chi connectivity index (χ2n) is 4.50. The molecule has 2 aromatic rings. The van der Waals surface area contributed by atoms with Gasteiger partial charge in [0.25, 0.3) is 0 Å². The summed E-state index contributed by atoms with van der Waals surface area (Å²) in [7, 11) is 0. The minimum absolute atomic E-state index is 0.0304. The standard InChI is InChI=1S/C14H18N2O3/c1-3-5-13(17)15-10-6-7-11-12(9-10)19-14(18)16(11)8-4-2/h6-7,9H,3-5,8H2,1-2H3,(H,15,17). The van der Waals surface area contributed by atoms with Gasteiger partial charge >= 0.3 is 5.76 Å². The Morgan fingerprint density at radius 2 is 2.11 bits per heavy atom. The predicted molar refractivity (Wildman–Crippen MR) is 74.3 cm³/mol. The number of anilines is 1. The van der Waals surface area contributed by atoms with E-state index < -0.39 is 0 Å². The first-order chi connectivity index (χ1) is 9.15. The molecule has 0 unspecified atom stereocenters. The average molecular weight is 262 g/mol. The van der Waals surface area contributed by atoms with Crippen molar-refractivity contribution in [1.29, 1.82) is 0 Å². The molecule has 0 saturated heterocycles. The van der Waals surface area contributed by atoms with Gasteiger partial charge in [0.05, 0.1) is 5.52 Å². The van der Waals surface area contributed by atoms with Crippen molar-refractivity contribution in [2.24, 2.45) is 0 Å². The Kier molecular flexibility index (Phi) is 4.04. The monoisotopic (exact) mass is 262 g/mol. The van der Waals surface area contributed by atoms with Crippen molar-refractivity contribution >= 4 is 22.7 Å². The molecule has 0 spiro atoms. The molecule has 0 radical (unpaired) electrons. The quantitative estimate of drug-likeness (QED) is 0.901. The normalized spacial score (nSPS) is 10.8. The summed E-state index contributed by atoms with van der Waals surface area (Å²) in [6.45, 7) is 4.59. The van der Waals surface area contributed by atoms with Crippen LogP contribution >= 0.6 is 0 Å². The Bertz CT molecular complexity index is 640. The van der Waals surface area contributed by atoms with Crippen LogP contribution in [0, 0.1) is 0 Å². The van der Waals surface area contributed by atoms with E-state index in [0.29, 0.717) is 24.2 Å². The Morgan fingerprint density at radius 3 is 2.79 bits per heavy atom. The minimum Gasteiger partial charge on any atom is -0.408 e. The van der Waals surface area contributed by atoms with E-state index in [2.05, 4.69) is 5.32 Å². The minimum atomic E-state index is -0.353. The van der Waals surface area contributed by atoms with Crippen LogP contribution in [0.4, 0.5) is 5.69 Å². The number of carbonyl (C=O) groups is 1. The van der Waals surface area contributed by atoms with Gasteiger partial charge in [-0.05, 0) is 25.0 Å². The lowest BCUT2D eigenvalue weighted by Gasteiger charge is -2.04. The maximum Gasteiger partial charge on any atom is 0.419 e. The van der Waals surface area contributed by atoms with Gasteiger partial charge in [0.15, 0.2) is 5.58 Å². The third-order valence-corrected chi connectivity index (χ3v) is 2.88. The summed E-state index contributed by atoms with van der Waals surface area (Å²) in [6, 6.07) is 5.28. The van der Waals surface area contributed by atoms with E-state index in [0.717, 1.165) is 18.4 Å². The Labute approximate surface area is 111 Å². The molecule has 5 heteroatoms. The molecule has 1 N–H and O–H groups in total. The van der Waals surface area contributed by atoms with Crippen molar-refractivity contribution < 1.29 is 9.21 Å². The molecular weight excluding hydrogens is 244 g/mol. The smallest absolute Gasteiger partial charge is 0.408 e. The number of hydrogen-bond acceptors (Lipinski definition) is 3. The van der Waals surface area contributed by atoms with Crippen LogP contribution in [0.1, 0.15) is 33.1 Å². The molecule has 0 aliphatic carbocycles. The summed E-state index contributed by atoms with van der Waals surface area (Å²) in [5.41, 5.74) is 1.93. The number of nitrogens with zero attached hydrogens (tertiary/aromatic N) is 1. The van der Waals surface area contributed by atoms with Gasteiger partial charge < -0.3 is 9.73 Å². The van der Waals surface area contributed by atoms with E-state index in [1.54, 1.807) is 22.8 Å². The summed E-state index contributed by atoms with van der Waals surface area (Å²) in [5, 5.41) is 2.79. The summed E-state index contributed by atoms with van der Waals surface area (Å²) in [5.74, 6) is -0.383. The number of amides is 1. The molecule has 0 aliphatic heterocycles. The fraction of sp³-hybridized carbons (Fsp3) is 0.429. The molecule has 0 atom stereocenters. The van der Waals surface area contributed by atoms with E-state index in [1.165, 1.54) is 0 Å². The fourth-order valence-corrected chi connectivity index (χ4v) is 2.03. The Hall–Kier alpha value is -2.04. The van der Waals surface area contributed by atoms with E-state index in [4.69, 9.17) is 4.42 Å². The molecule has 0 saturated carbocycles. The molecule has 1 aromatic carbocycles. The van der Waals surface area contributed by atoms with Gasteiger partial charge in [-0.1, -0.05) is 13.8 Å². The summed E-state index contributed by atoms with van der Waals surface area (Å²) >= 11 is 0. The first kappa shape index (κ1) is 13.4. The van der Waals surface area contributed by atoms with Crippen LogP contribution in [-0.2, 0) is 11.3 Å². The van der Waals surface area contributed by atoms with Gasteiger partial charge in [-0.2, -0.15) is 0 Å². The molecule has 1 amide bonds. The number of benzene rings is 1. The first-order valence-electron chi connectivity index (χ1n) is 6.59. The van der Waals surface area contributed by atoms with Crippen molar-refractivity contribution in [2.75, 3.05) is 5.32 Å². The molecule has 0 aliphatic rings. The SMILES string of the molecule is CCCC(=O)Nc1ccc2c(c1)oc(=O)n2CCC. The summed E-state index contributed by atoms with van der Waals surface area (Å²) in [4.78, 5) is 23.2. The van der Waals surface area contributed by atoms with Crippen LogP contribution in [-0.4, -0.2) is 10.5 Å². The largest absolute Gasteiger partial charge is 0.419 e. The third-order valence-electron chi connectivity index (χ3n) is 2.88. The van der Waals surface area contributed by atoms with E-state index in [-0.39, 0.29) is 11.7 Å². The highest BCUT2D eigenvalue weighted by atomic mass is 16.4. The van der Waals surface area contributed by atoms with Gasteiger partial charge in [-0.3, -0.25) is 9.36 Å². The van der Waals surface area contributed by atoms with Crippen molar-refractivity contribution in [3.8, 4) is 0 Å². The third kappa shape index (κ3) is 2.86. The number of fused-ring (bicyclic) bond motifs is 1. The number of hydrogen-bond donors (Lipinski definition) is 1. The zero-order chi connectivity index (χ0) is 13.8. The second-order valence-corrected chi connectivity index (χ2v) is 4.50. The highest BCUT2D eigenvalue weighted by Gasteiger charge is 2.09. The molecule has 5 nitrogen and oxygen atoms in total. The van der Waals surface area contributed by atoms with Gasteiger partial charge in [0.1, 0.15) is 0 Å². The maximum absolute atomic E-state index is 11.7. The Balaban J connectivity index is 2.31. The number of aryl methyl sites for hydroxylation is 1. The van der Waals surface area contributed by atoms with Crippen LogP contribution < -0.4 is 11.1 Å². The molecule has 1 heterocycles. The highest BCUT2D eigenvalue weighted by Crippen LogP contribution is 2.19. The molecule has 1 aromatic heterocycles. The molecular formula is C14H18N2O3. The second kappa shape index (κ2) is 5.73. The number of rotatable bonds is 5. The van der Waals surface area contributed by atoms with Gasteiger partial charge in [0, 0.05) is 24.7 Å². The van der Waals surface area contributed by atoms with Gasteiger partial charge in [0.2, 0.25) is 5.91 Å². The van der Waals surface area contributed by atoms with Crippen LogP contribution in [0.5, 0.6) is 0 Å². The highest BCUT2D eigenvalue weighted by molar-refractivity contribution is 5.92. The predicted octanol–water partition coefficient (Wildman–Crippen LogP) is 2.74. The zero-order valence-corrected chi connectivity index (χ0v) is 11.2. The van der Waals surface area contributed by atoms with Crippen LogP contribution in [0.15, 0.2) is 27.4 Å². The van der Waals surface area contributed by atoms with Gasteiger partial charge in [-0.25, -0.2) is 4.79 Å². The van der Waals surface area contributed by atoms with Crippen LogP contribution in [0.3, 0.4) is 0 Å². The lowest BCUT2D eigenvalue weighted by Crippen LogP contribution is -2.13. The maximum atomic E-state index is 11.7. The van der Waals surface area contributed by atoms with Crippen LogP contribution in [0.25, 0.3) is 11.1 Å². The number of oxazole rings is 1. The molecule has 0 fully saturated rings. The molecule has 0 bridgehead atoms. The van der Waals surface area contributed by atoms with Crippen molar-refractivity contribution in [1.82, 2.24) is 4.57 Å². The topological polar surface area (TPSA) is 64.2 Å². The fourth-order valence-electron chi connectivity index (χ4n) is 2.03. The lowest BCUT2D eigenvalue weighted by molar-refractivity contribution is -0.116. The van der Waals surface area contributed by atoms with Crippen molar-refractivity contribution in [2.45, 2.75) is 39.7 Å². The number of carbonyl (C=O) groups excluding carboxylic acids is 1. The molecule has 19 heavy (non-hydrogen) atoms. The molecule has 102 valence electrons. The Morgan fingerprint density at radius 1 is 1.32 bits per heavy atom. The average Bonchev–Trinajstić information content (AvgIpc) is 2.66.